The second-order valence-corrected chi connectivity index (χ2v) is 8.10. The second-order valence-electron chi connectivity index (χ2n) is 5.69. The molecule has 0 saturated carbocycles. The van der Waals surface area contributed by atoms with Crippen LogP contribution in [-0.2, 0) is 22.4 Å². The van der Waals surface area contributed by atoms with Gasteiger partial charge in [0.1, 0.15) is 10.1 Å². The van der Waals surface area contributed by atoms with Crippen LogP contribution in [0.3, 0.4) is 0 Å². The van der Waals surface area contributed by atoms with Gasteiger partial charge in [0.15, 0.2) is 5.16 Å². The number of aryl methyl sites for hydroxylation is 1. The SMILES string of the molecule is COC(=O)[C@H](C)Sc1nc2sc3c(c2c(=O)[nH]1)CC[C@@H](C)C3. The summed E-state index contributed by atoms with van der Waals surface area (Å²) in [6.45, 7) is 3.98. The van der Waals surface area contributed by atoms with E-state index in [1.807, 2.05) is 0 Å². The minimum absolute atomic E-state index is 0.100. The van der Waals surface area contributed by atoms with Crippen molar-refractivity contribution < 1.29 is 9.53 Å². The molecule has 1 N–H and O–H groups in total. The van der Waals surface area contributed by atoms with E-state index in [0.29, 0.717) is 11.1 Å². The largest absolute Gasteiger partial charge is 0.468 e. The van der Waals surface area contributed by atoms with Crippen molar-refractivity contribution in [2.45, 2.75) is 43.5 Å². The normalized spacial score (nSPS) is 19.0. The molecule has 2 atom stereocenters. The van der Waals surface area contributed by atoms with Crippen LogP contribution in [0.25, 0.3) is 10.2 Å². The van der Waals surface area contributed by atoms with Gasteiger partial charge in [-0.15, -0.1) is 11.3 Å². The molecule has 2 heterocycles. The Hall–Kier alpha value is -1.34. The summed E-state index contributed by atoms with van der Waals surface area (Å²) in [7, 11) is 1.35. The summed E-state index contributed by atoms with van der Waals surface area (Å²) in [5.74, 6) is 0.333. The molecular formula is C15H18N2O3S2. The molecular weight excluding hydrogens is 320 g/mol. The lowest BCUT2D eigenvalue weighted by Gasteiger charge is -2.17. The molecule has 2 aromatic heterocycles. The van der Waals surface area contributed by atoms with E-state index in [0.717, 1.165) is 29.5 Å². The van der Waals surface area contributed by atoms with E-state index in [2.05, 4.69) is 16.9 Å². The molecule has 0 radical (unpaired) electrons. The third-order valence-corrected chi connectivity index (χ3v) is 6.08. The molecule has 0 saturated heterocycles. The number of nitrogens with zero attached hydrogens (tertiary/aromatic N) is 1. The molecule has 3 rings (SSSR count). The molecule has 2 aromatic rings. The number of carbonyl (C=O) groups excluding carboxylic acids is 1. The van der Waals surface area contributed by atoms with Gasteiger partial charge < -0.3 is 9.72 Å². The van der Waals surface area contributed by atoms with E-state index in [9.17, 15) is 9.59 Å². The predicted octanol–water partition coefficient (Wildman–Crippen LogP) is 2.76. The summed E-state index contributed by atoms with van der Waals surface area (Å²) in [5, 5.41) is 0.809. The van der Waals surface area contributed by atoms with Crippen LogP contribution in [0.4, 0.5) is 0 Å². The van der Waals surface area contributed by atoms with Crippen molar-refractivity contribution in [1.29, 1.82) is 0 Å². The van der Waals surface area contributed by atoms with Gasteiger partial charge in [-0.25, -0.2) is 4.98 Å². The topological polar surface area (TPSA) is 72.0 Å². The standard InChI is InChI=1S/C15H18N2O3S2/c1-7-4-5-9-10(6-7)22-13-11(9)12(18)16-15(17-13)21-8(2)14(19)20-3/h7-8H,4-6H2,1-3H3,(H,16,17,18)/t7-,8+/m1/s1. The highest BCUT2D eigenvalue weighted by Gasteiger charge is 2.24. The maximum absolute atomic E-state index is 12.4. The highest BCUT2D eigenvalue weighted by atomic mass is 32.2. The Morgan fingerprint density at radius 2 is 2.32 bits per heavy atom. The third kappa shape index (κ3) is 2.79. The number of aromatic amines is 1. The second kappa shape index (κ2) is 6.04. The van der Waals surface area contributed by atoms with Crippen LogP contribution in [0.15, 0.2) is 9.95 Å². The Balaban J connectivity index is 1.99. The maximum atomic E-state index is 12.4. The molecule has 7 heteroatoms. The molecule has 5 nitrogen and oxygen atoms in total. The predicted molar refractivity (Wildman–Crippen MR) is 88.8 cm³/mol. The highest BCUT2D eigenvalue weighted by Crippen LogP contribution is 2.36. The molecule has 0 amide bonds. The number of fused-ring (bicyclic) bond motifs is 3. The smallest absolute Gasteiger partial charge is 0.318 e. The van der Waals surface area contributed by atoms with E-state index < -0.39 is 5.25 Å². The molecule has 0 bridgehead atoms. The molecule has 1 aliphatic rings. The molecule has 0 aliphatic heterocycles. The van der Waals surface area contributed by atoms with Crippen LogP contribution in [0.1, 0.15) is 30.7 Å². The Bertz CT molecular complexity index is 781. The van der Waals surface area contributed by atoms with Crippen molar-refractivity contribution in [1.82, 2.24) is 9.97 Å². The summed E-state index contributed by atoms with van der Waals surface area (Å²) in [6, 6.07) is 0. The zero-order valence-electron chi connectivity index (χ0n) is 12.8. The van der Waals surface area contributed by atoms with E-state index in [-0.39, 0.29) is 11.5 Å². The summed E-state index contributed by atoms with van der Waals surface area (Å²) in [5.41, 5.74) is 1.07. The lowest BCUT2D eigenvalue weighted by molar-refractivity contribution is -0.139. The minimum Gasteiger partial charge on any atom is -0.468 e. The van der Waals surface area contributed by atoms with Gasteiger partial charge in [-0.05, 0) is 37.7 Å². The summed E-state index contributed by atoms with van der Waals surface area (Å²) < 4.78 is 4.70. The first-order valence-electron chi connectivity index (χ1n) is 7.28. The van der Waals surface area contributed by atoms with Gasteiger partial charge in [-0.1, -0.05) is 18.7 Å². The number of hydrogen-bond donors (Lipinski definition) is 1. The number of hydrogen-bond acceptors (Lipinski definition) is 6. The number of rotatable bonds is 3. The number of H-pyrrole nitrogens is 1. The van der Waals surface area contributed by atoms with E-state index >= 15 is 0 Å². The Morgan fingerprint density at radius 1 is 1.55 bits per heavy atom. The van der Waals surface area contributed by atoms with Crippen LogP contribution >= 0.6 is 23.1 Å². The molecule has 0 unspecified atom stereocenters. The number of thioether (sulfide) groups is 1. The number of esters is 1. The van der Waals surface area contributed by atoms with Gasteiger partial charge >= 0.3 is 5.97 Å². The van der Waals surface area contributed by atoms with Crippen molar-refractivity contribution in [2.75, 3.05) is 7.11 Å². The fraction of sp³-hybridized carbons (Fsp3) is 0.533. The fourth-order valence-electron chi connectivity index (χ4n) is 2.77. The average Bonchev–Trinajstić information content (AvgIpc) is 2.83. The number of ether oxygens (including phenoxy) is 1. The molecule has 1 aliphatic carbocycles. The van der Waals surface area contributed by atoms with Gasteiger partial charge in [0.2, 0.25) is 0 Å². The first kappa shape index (κ1) is 15.6. The summed E-state index contributed by atoms with van der Waals surface area (Å²) in [4.78, 5) is 33.3. The highest BCUT2D eigenvalue weighted by molar-refractivity contribution is 8.00. The van der Waals surface area contributed by atoms with Gasteiger partial charge in [-0.3, -0.25) is 9.59 Å². The Morgan fingerprint density at radius 3 is 3.05 bits per heavy atom. The fourth-order valence-corrected chi connectivity index (χ4v) is 5.03. The molecule has 0 aromatic carbocycles. The van der Waals surface area contributed by atoms with Crippen molar-refractivity contribution in [2.24, 2.45) is 5.92 Å². The number of thiophene rings is 1. The number of aromatic nitrogens is 2. The van der Waals surface area contributed by atoms with Crippen LogP contribution in [-0.4, -0.2) is 28.3 Å². The van der Waals surface area contributed by atoms with E-state index in [1.54, 1.807) is 18.3 Å². The Labute approximate surface area is 136 Å². The molecule has 0 spiro atoms. The maximum Gasteiger partial charge on any atom is 0.318 e. The molecule has 22 heavy (non-hydrogen) atoms. The van der Waals surface area contributed by atoms with E-state index in [1.165, 1.54) is 29.3 Å². The Kier molecular flexibility index (Phi) is 4.27. The van der Waals surface area contributed by atoms with Crippen LogP contribution < -0.4 is 5.56 Å². The van der Waals surface area contributed by atoms with Crippen molar-refractivity contribution >= 4 is 39.3 Å². The van der Waals surface area contributed by atoms with Gasteiger partial charge in [0.05, 0.1) is 12.5 Å². The third-order valence-electron chi connectivity index (χ3n) is 3.97. The number of methoxy groups -OCH3 is 1. The van der Waals surface area contributed by atoms with Crippen LogP contribution in [0, 0.1) is 5.92 Å². The zero-order chi connectivity index (χ0) is 15.9. The monoisotopic (exact) mass is 338 g/mol. The van der Waals surface area contributed by atoms with E-state index in [4.69, 9.17) is 4.74 Å². The lowest BCUT2D eigenvalue weighted by atomic mass is 9.89. The van der Waals surface area contributed by atoms with Crippen molar-refractivity contribution in [3.63, 3.8) is 0 Å². The van der Waals surface area contributed by atoms with Crippen LogP contribution in [0.2, 0.25) is 0 Å². The molecule has 118 valence electrons. The lowest BCUT2D eigenvalue weighted by Crippen LogP contribution is -2.17. The van der Waals surface area contributed by atoms with Crippen molar-refractivity contribution in [3.8, 4) is 0 Å². The minimum atomic E-state index is -0.403. The summed E-state index contributed by atoms with van der Waals surface area (Å²) in [6.07, 6.45) is 3.09. The first-order valence-corrected chi connectivity index (χ1v) is 8.98. The average molecular weight is 338 g/mol. The number of nitrogens with one attached hydrogen (secondary N) is 1. The van der Waals surface area contributed by atoms with Crippen molar-refractivity contribution in [3.05, 3.63) is 20.8 Å². The molecule has 0 fully saturated rings. The van der Waals surface area contributed by atoms with Gasteiger partial charge in [0.25, 0.3) is 5.56 Å². The van der Waals surface area contributed by atoms with Gasteiger partial charge in [-0.2, -0.15) is 0 Å². The van der Waals surface area contributed by atoms with Crippen LogP contribution in [0.5, 0.6) is 0 Å². The quantitative estimate of drug-likeness (QED) is 0.529. The number of carbonyl (C=O) groups is 1. The summed E-state index contributed by atoms with van der Waals surface area (Å²) >= 11 is 2.83. The zero-order valence-corrected chi connectivity index (χ0v) is 14.4. The van der Waals surface area contributed by atoms with Gasteiger partial charge in [0, 0.05) is 4.88 Å². The first-order chi connectivity index (χ1) is 10.5.